The van der Waals surface area contributed by atoms with Gasteiger partial charge in [-0.05, 0) is 41.6 Å². The molecule has 140 valence electrons. The number of hydrogen-bond donors (Lipinski definition) is 0. The summed E-state index contributed by atoms with van der Waals surface area (Å²) >= 11 is 9.41. The van der Waals surface area contributed by atoms with Gasteiger partial charge in [-0.25, -0.2) is 4.98 Å². The fraction of sp³-hybridized carbons (Fsp3) is 0.0909. The van der Waals surface area contributed by atoms with Crippen molar-refractivity contribution in [3.63, 3.8) is 0 Å². The molecule has 2 heterocycles. The molecule has 2 aromatic heterocycles. The Morgan fingerprint density at radius 2 is 1.96 bits per heavy atom. The number of anilines is 1. The largest absolute Gasteiger partial charge is 0.280 e. The number of nitrogens with zero attached hydrogens (tertiary/aromatic N) is 2. The van der Waals surface area contributed by atoms with Crippen LogP contribution in [-0.2, 0) is 11.3 Å². The molecule has 0 saturated carbocycles. The molecule has 4 rings (SSSR count). The average Bonchev–Trinajstić information content (AvgIpc) is 3.38. The average molecular weight is 425 g/mol. The van der Waals surface area contributed by atoms with E-state index in [0.717, 1.165) is 26.2 Å². The number of hydrogen-bond acceptors (Lipinski definition) is 4. The van der Waals surface area contributed by atoms with Gasteiger partial charge in [0.2, 0.25) is 0 Å². The highest BCUT2D eigenvalue weighted by Crippen LogP contribution is 2.36. The maximum absolute atomic E-state index is 13.1. The molecule has 0 aliphatic carbocycles. The van der Waals surface area contributed by atoms with Gasteiger partial charge in [-0.15, -0.1) is 11.3 Å². The van der Waals surface area contributed by atoms with Crippen LogP contribution in [0.25, 0.3) is 16.3 Å². The molecule has 0 atom stereocenters. The first-order valence-electron chi connectivity index (χ1n) is 8.74. The Kier molecular flexibility index (Phi) is 5.57. The normalized spacial score (nSPS) is 11.4. The van der Waals surface area contributed by atoms with Gasteiger partial charge in [-0.3, -0.25) is 9.69 Å². The number of aromatic nitrogens is 1. The van der Waals surface area contributed by atoms with Gasteiger partial charge in [0, 0.05) is 11.0 Å². The second-order valence-corrected chi connectivity index (χ2v) is 8.66. The van der Waals surface area contributed by atoms with E-state index in [4.69, 9.17) is 16.6 Å². The molecule has 0 spiro atoms. The number of thiazole rings is 1. The van der Waals surface area contributed by atoms with Crippen LogP contribution in [0.15, 0.2) is 66.1 Å². The van der Waals surface area contributed by atoms with Crippen LogP contribution in [0.4, 0.5) is 5.13 Å². The predicted octanol–water partition coefficient (Wildman–Crippen LogP) is 6.57. The molecule has 0 bridgehead atoms. The van der Waals surface area contributed by atoms with E-state index < -0.39 is 0 Å². The summed E-state index contributed by atoms with van der Waals surface area (Å²) in [6.45, 7) is 2.45. The molecule has 0 unspecified atom stereocenters. The van der Waals surface area contributed by atoms with Crippen LogP contribution < -0.4 is 4.90 Å². The van der Waals surface area contributed by atoms with E-state index >= 15 is 0 Å². The van der Waals surface area contributed by atoms with Gasteiger partial charge < -0.3 is 0 Å². The third kappa shape index (κ3) is 4.02. The number of halogens is 1. The third-order valence-electron chi connectivity index (χ3n) is 4.30. The molecule has 1 amide bonds. The topological polar surface area (TPSA) is 33.2 Å². The lowest BCUT2D eigenvalue weighted by Gasteiger charge is -2.18. The van der Waals surface area contributed by atoms with Crippen molar-refractivity contribution in [3.8, 4) is 0 Å². The molecule has 0 fully saturated rings. The Balaban J connectivity index is 1.73. The minimum Gasteiger partial charge on any atom is -0.280 e. The maximum Gasteiger partial charge on any atom is 0.253 e. The lowest BCUT2D eigenvalue weighted by Crippen LogP contribution is -2.28. The van der Waals surface area contributed by atoms with Crippen LogP contribution in [0.3, 0.4) is 0 Å². The number of benzene rings is 2. The van der Waals surface area contributed by atoms with E-state index in [9.17, 15) is 4.79 Å². The summed E-state index contributed by atoms with van der Waals surface area (Å²) in [6.07, 6.45) is 3.45. The van der Waals surface area contributed by atoms with Gasteiger partial charge in [0.1, 0.15) is 0 Å². The number of amides is 1. The fourth-order valence-electron chi connectivity index (χ4n) is 2.84. The van der Waals surface area contributed by atoms with Crippen LogP contribution in [0.5, 0.6) is 0 Å². The first kappa shape index (κ1) is 18.9. The van der Waals surface area contributed by atoms with Crippen molar-refractivity contribution < 1.29 is 4.79 Å². The Morgan fingerprint density at radius 3 is 2.68 bits per heavy atom. The quantitative estimate of drug-likeness (QED) is 0.339. The molecule has 28 heavy (non-hydrogen) atoms. The molecule has 2 aromatic carbocycles. The Labute approximate surface area is 176 Å². The number of thiophene rings is 1. The van der Waals surface area contributed by atoms with Crippen LogP contribution in [0, 0.1) is 6.92 Å². The number of carbonyl (C=O) groups is 1. The van der Waals surface area contributed by atoms with Gasteiger partial charge in [0.15, 0.2) is 5.13 Å². The van der Waals surface area contributed by atoms with Crippen molar-refractivity contribution in [3.05, 3.63) is 87.1 Å². The zero-order valence-electron chi connectivity index (χ0n) is 15.1. The highest BCUT2D eigenvalue weighted by molar-refractivity contribution is 7.23. The molecular weight excluding hydrogens is 408 g/mol. The minimum absolute atomic E-state index is 0.106. The second-order valence-electron chi connectivity index (χ2n) is 6.30. The van der Waals surface area contributed by atoms with E-state index in [1.54, 1.807) is 22.3 Å². The Hall–Kier alpha value is -2.47. The van der Waals surface area contributed by atoms with Gasteiger partial charge in [0.25, 0.3) is 5.91 Å². The first-order valence-corrected chi connectivity index (χ1v) is 10.8. The maximum atomic E-state index is 13.1. The first-order chi connectivity index (χ1) is 13.6. The molecule has 4 aromatic rings. The molecule has 0 saturated heterocycles. The number of carbonyl (C=O) groups excluding carboxylic acids is 1. The summed E-state index contributed by atoms with van der Waals surface area (Å²) in [4.78, 5) is 20.6. The van der Waals surface area contributed by atoms with E-state index in [2.05, 4.69) is 0 Å². The monoisotopic (exact) mass is 424 g/mol. The van der Waals surface area contributed by atoms with Crippen molar-refractivity contribution in [2.75, 3.05) is 4.90 Å². The standard InChI is InChI=1S/C22H17ClN2OS2/c1-15-9-11-18(23)21-20(15)24-22(28-21)25(14-16-6-3-2-4-7-16)19(26)12-10-17-8-5-13-27-17/h2-13H,14H2,1H3/b12-10+. The molecule has 6 heteroatoms. The smallest absolute Gasteiger partial charge is 0.253 e. The van der Waals surface area contributed by atoms with Gasteiger partial charge in [-0.2, -0.15) is 0 Å². The van der Waals surface area contributed by atoms with E-state index in [1.807, 2.05) is 73.0 Å². The van der Waals surface area contributed by atoms with Crippen LogP contribution in [0.2, 0.25) is 5.02 Å². The SMILES string of the molecule is Cc1ccc(Cl)c2sc(N(Cc3ccccc3)C(=O)/C=C/c3cccs3)nc12. The molecule has 0 aliphatic rings. The zero-order chi connectivity index (χ0) is 19.5. The summed E-state index contributed by atoms with van der Waals surface area (Å²) in [5.41, 5.74) is 2.94. The molecule has 0 N–H and O–H groups in total. The van der Waals surface area contributed by atoms with Gasteiger partial charge in [-0.1, -0.05) is 65.4 Å². The second kappa shape index (κ2) is 8.27. The van der Waals surface area contributed by atoms with Crippen LogP contribution in [0.1, 0.15) is 16.0 Å². The summed E-state index contributed by atoms with van der Waals surface area (Å²) in [5.74, 6) is -0.106. The Bertz CT molecular complexity index is 1100. The van der Waals surface area contributed by atoms with Crippen molar-refractivity contribution in [1.29, 1.82) is 0 Å². The summed E-state index contributed by atoms with van der Waals surface area (Å²) < 4.78 is 0.907. The number of rotatable bonds is 5. The summed E-state index contributed by atoms with van der Waals surface area (Å²) in [5, 5.41) is 3.30. The summed E-state index contributed by atoms with van der Waals surface area (Å²) in [7, 11) is 0. The third-order valence-corrected chi connectivity index (χ3v) is 6.68. The highest BCUT2D eigenvalue weighted by atomic mass is 35.5. The zero-order valence-corrected chi connectivity index (χ0v) is 17.5. The fourth-order valence-corrected chi connectivity index (χ4v) is 4.78. The van der Waals surface area contributed by atoms with Crippen LogP contribution >= 0.6 is 34.3 Å². The van der Waals surface area contributed by atoms with Gasteiger partial charge in [0.05, 0.1) is 21.8 Å². The molecule has 3 nitrogen and oxygen atoms in total. The van der Waals surface area contributed by atoms with E-state index in [-0.39, 0.29) is 5.91 Å². The Morgan fingerprint density at radius 1 is 1.14 bits per heavy atom. The number of fused-ring (bicyclic) bond motifs is 1. The van der Waals surface area contributed by atoms with Crippen LogP contribution in [-0.4, -0.2) is 10.9 Å². The van der Waals surface area contributed by atoms with E-state index in [0.29, 0.717) is 16.7 Å². The molecule has 0 radical (unpaired) electrons. The van der Waals surface area contributed by atoms with Crippen molar-refractivity contribution in [1.82, 2.24) is 4.98 Å². The van der Waals surface area contributed by atoms with Crippen molar-refractivity contribution >= 4 is 61.6 Å². The predicted molar refractivity (Wildman–Crippen MR) is 120 cm³/mol. The highest BCUT2D eigenvalue weighted by Gasteiger charge is 2.20. The van der Waals surface area contributed by atoms with Gasteiger partial charge >= 0.3 is 0 Å². The lowest BCUT2D eigenvalue weighted by molar-refractivity contribution is -0.114. The summed E-state index contributed by atoms with van der Waals surface area (Å²) in [6, 6.07) is 17.7. The van der Waals surface area contributed by atoms with Crippen molar-refractivity contribution in [2.24, 2.45) is 0 Å². The molecule has 0 aliphatic heterocycles. The van der Waals surface area contributed by atoms with E-state index in [1.165, 1.54) is 11.3 Å². The van der Waals surface area contributed by atoms with Crippen molar-refractivity contribution in [2.45, 2.75) is 13.5 Å². The lowest BCUT2D eigenvalue weighted by atomic mass is 10.2. The number of aryl methyl sites for hydroxylation is 1. The molecular formula is C22H17ClN2OS2. The minimum atomic E-state index is -0.106.